The Labute approximate surface area is 107 Å². The number of nitrogens with one attached hydrogen (secondary N) is 1. The number of nitrogens with zero attached hydrogens (tertiary/aromatic N) is 2. The van der Waals surface area contributed by atoms with Crippen LogP contribution in [0.15, 0.2) is 4.42 Å². The van der Waals surface area contributed by atoms with Gasteiger partial charge >= 0.3 is 0 Å². The van der Waals surface area contributed by atoms with E-state index in [0.29, 0.717) is 0 Å². The first-order chi connectivity index (χ1) is 8.83. The summed E-state index contributed by atoms with van der Waals surface area (Å²) in [4.78, 5) is 0. The molecule has 1 aromatic heterocycles. The molecule has 1 aliphatic heterocycles. The third-order valence-corrected chi connectivity index (χ3v) is 3.75. The molecule has 2 fully saturated rings. The van der Waals surface area contributed by atoms with Crippen molar-refractivity contribution in [2.75, 3.05) is 13.2 Å². The second-order valence-corrected chi connectivity index (χ2v) is 5.34. The summed E-state index contributed by atoms with van der Waals surface area (Å²) in [5.74, 6) is 1.81. The van der Waals surface area contributed by atoms with Crippen LogP contribution < -0.4 is 5.32 Å². The Hall–Kier alpha value is -0.940. The van der Waals surface area contributed by atoms with E-state index in [9.17, 15) is 0 Å². The van der Waals surface area contributed by atoms with Gasteiger partial charge in [-0.15, -0.1) is 10.2 Å². The highest BCUT2D eigenvalue weighted by Gasteiger charge is 2.30. The van der Waals surface area contributed by atoms with E-state index in [2.05, 4.69) is 22.4 Å². The molecular weight excluding hydrogens is 230 g/mol. The molecule has 1 saturated carbocycles. The Balaban J connectivity index is 1.46. The van der Waals surface area contributed by atoms with E-state index in [-0.39, 0.29) is 12.0 Å². The van der Waals surface area contributed by atoms with Gasteiger partial charge in [-0.3, -0.25) is 0 Å². The summed E-state index contributed by atoms with van der Waals surface area (Å²) < 4.78 is 11.3. The van der Waals surface area contributed by atoms with Crippen LogP contribution in [0.5, 0.6) is 0 Å². The third-order valence-electron chi connectivity index (χ3n) is 3.75. The van der Waals surface area contributed by atoms with Gasteiger partial charge in [0, 0.05) is 19.1 Å². The van der Waals surface area contributed by atoms with Crippen molar-refractivity contribution in [3.05, 3.63) is 11.8 Å². The summed E-state index contributed by atoms with van der Waals surface area (Å²) in [6.45, 7) is 3.92. The fourth-order valence-corrected chi connectivity index (χ4v) is 2.41. The summed E-state index contributed by atoms with van der Waals surface area (Å²) in [6, 6.07) is 0.778. The molecule has 1 aliphatic carbocycles. The van der Waals surface area contributed by atoms with Crippen molar-refractivity contribution in [3.8, 4) is 0 Å². The Bertz CT molecular complexity index is 389. The van der Waals surface area contributed by atoms with Crippen LogP contribution in [0.3, 0.4) is 0 Å². The minimum Gasteiger partial charge on any atom is -0.425 e. The molecule has 5 heteroatoms. The van der Waals surface area contributed by atoms with Crippen molar-refractivity contribution >= 4 is 0 Å². The minimum atomic E-state index is 0.204. The van der Waals surface area contributed by atoms with Crippen LogP contribution in [0.4, 0.5) is 0 Å². The van der Waals surface area contributed by atoms with Gasteiger partial charge in [0.1, 0.15) is 0 Å². The lowest BCUT2D eigenvalue weighted by Gasteiger charge is -2.08. The number of aromatic nitrogens is 2. The van der Waals surface area contributed by atoms with E-state index in [1.165, 1.54) is 12.8 Å². The predicted molar refractivity (Wildman–Crippen MR) is 66.4 cm³/mol. The van der Waals surface area contributed by atoms with E-state index in [1.807, 2.05) is 0 Å². The standard InChI is InChI=1S/C13H21N3O2/c1-9-11(6-8-17-9)13-16-15-12(18-13)3-2-7-14-10-4-5-10/h9-11,14H,2-8H2,1H3. The average molecular weight is 251 g/mol. The molecule has 0 aromatic carbocycles. The summed E-state index contributed by atoms with van der Waals surface area (Å²) in [5.41, 5.74) is 0. The van der Waals surface area contributed by atoms with E-state index >= 15 is 0 Å². The minimum absolute atomic E-state index is 0.204. The van der Waals surface area contributed by atoms with Crippen LogP contribution in [0, 0.1) is 0 Å². The predicted octanol–water partition coefficient (Wildman–Crippen LogP) is 1.65. The molecular formula is C13H21N3O2. The molecule has 0 radical (unpaired) electrons. The molecule has 2 aliphatic rings. The van der Waals surface area contributed by atoms with Crippen LogP contribution in [0.1, 0.15) is 50.3 Å². The monoisotopic (exact) mass is 251 g/mol. The summed E-state index contributed by atoms with van der Waals surface area (Å²) in [6.07, 6.45) is 5.80. The maximum Gasteiger partial charge on any atom is 0.222 e. The largest absolute Gasteiger partial charge is 0.425 e. The third kappa shape index (κ3) is 2.90. The van der Waals surface area contributed by atoms with Crippen LogP contribution in [0.2, 0.25) is 0 Å². The fourth-order valence-electron chi connectivity index (χ4n) is 2.41. The van der Waals surface area contributed by atoms with Crippen molar-refractivity contribution in [1.82, 2.24) is 15.5 Å². The fraction of sp³-hybridized carbons (Fsp3) is 0.846. The van der Waals surface area contributed by atoms with Gasteiger partial charge in [-0.05, 0) is 39.2 Å². The number of hydrogen-bond acceptors (Lipinski definition) is 5. The quantitative estimate of drug-likeness (QED) is 0.779. The molecule has 1 aromatic rings. The van der Waals surface area contributed by atoms with Gasteiger partial charge in [-0.2, -0.15) is 0 Å². The van der Waals surface area contributed by atoms with Crippen LogP contribution in [-0.4, -0.2) is 35.5 Å². The van der Waals surface area contributed by atoms with Gasteiger partial charge in [-0.1, -0.05) is 0 Å². The molecule has 100 valence electrons. The molecule has 3 rings (SSSR count). The number of rotatable bonds is 6. The van der Waals surface area contributed by atoms with Crippen molar-refractivity contribution in [1.29, 1.82) is 0 Å². The molecule has 1 N–H and O–H groups in total. The number of aryl methyl sites for hydroxylation is 1. The molecule has 0 spiro atoms. The molecule has 0 bridgehead atoms. The molecule has 0 amide bonds. The molecule has 2 heterocycles. The Morgan fingerprint density at radius 1 is 1.28 bits per heavy atom. The zero-order valence-corrected chi connectivity index (χ0v) is 10.9. The van der Waals surface area contributed by atoms with E-state index in [1.54, 1.807) is 0 Å². The van der Waals surface area contributed by atoms with Crippen LogP contribution in [-0.2, 0) is 11.2 Å². The number of hydrogen-bond donors (Lipinski definition) is 1. The molecule has 5 nitrogen and oxygen atoms in total. The molecule has 2 unspecified atom stereocenters. The van der Waals surface area contributed by atoms with Crippen LogP contribution in [0.25, 0.3) is 0 Å². The van der Waals surface area contributed by atoms with E-state index in [4.69, 9.17) is 9.15 Å². The first-order valence-electron chi connectivity index (χ1n) is 7.00. The Morgan fingerprint density at radius 2 is 2.17 bits per heavy atom. The zero-order chi connectivity index (χ0) is 12.4. The van der Waals surface area contributed by atoms with Crippen molar-refractivity contribution in [3.63, 3.8) is 0 Å². The van der Waals surface area contributed by atoms with Gasteiger partial charge in [0.05, 0.1) is 12.0 Å². The smallest absolute Gasteiger partial charge is 0.222 e. The Morgan fingerprint density at radius 3 is 2.89 bits per heavy atom. The van der Waals surface area contributed by atoms with Gasteiger partial charge < -0.3 is 14.5 Å². The van der Waals surface area contributed by atoms with Crippen molar-refractivity contribution in [2.45, 2.75) is 57.1 Å². The van der Waals surface area contributed by atoms with Gasteiger partial charge in [0.2, 0.25) is 11.8 Å². The first-order valence-corrected chi connectivity index (χ1v) is 7.00. The van der Waals surface area contributed by atoms with E-state index < -0.39 is 0 Å². The number of ether oxygens (including phenoxy) is 1. The normalized spacial score (nSPS) is 27.8. The van der Waals surface area contributed by atoms with Gasteiger partial charge in [0.25, 0.3) is 0 Å². The maximum atomic E-state index is 5.73. The second kappa shape index (κ2) is 5.36. The first kappa shape index (κ1) is 12.1. The van der Waals surface area contributed by atoms with Crippen molar-refractivity contribution < 1.29 is 9.15 Å². The molecule has 18 heavy (non-hydrogen) atoms. The SMILES string of the molecule is CC1OCCC1c1nnc(CCCNC2CC2)o1. The highest BCUT2D eigenvalue weighted by Crippen LogP contribution is 2.30. The van der Waals surface area contributed by atoms with Crippen LogP contribution >= 0.6 is 0 Å². The molecule has 2 atom stereocenters. The van der Waals surface area contributed by atoms with E-state index in [0.717, 1.165) is 50.2 Å². The lowest BCUT2D eigenvalue weighted by atomic mass is 10.0. The zero-order valence-electron chi connectivity index (χ0n) is 10.9. The van der Waals surface area contributed by atoms with Gasteiger partial charge in [0.15, 0.2) is 0 Å². The highest BCUT2D eigenvalue weighted by molar-refractivity contribution is 4.97. The van der Waals surface area contributed by atoms with Crippen molar-refractivity contribution in [2.24, 2.45) is 0 Å². The maximum absolute atomic E-state index is 5.73. The highest BCUT2D eigenvalue weighted by atomic mass is 16.5. The summed E-state index contributed by atoms with van der Waals surface area (Å²) >= 11 is 0. The Kier molecular flexibility index (Phi) is 3.61. The lowest BCUT2D eigenvalue weighted by molar-refractivity contribution is 0.114. The second-order valence-electron chi connectivity index (χ2n) is 5.34. The van der Waals surface area contributed by atoms with Gasteiger partial charge in [-0.25, -0.2) is 0 Å². The lowest BCUT2D eigenvalue weighted by Crippen LogP contribution is -2.17. The average Bonchev–Trinajstić information content (AvgIpc) is 2.90. The topological polar surface area (TPSA) is 60.2 Å². The molecule has 1 saturated heterocycles. The summed E-state index contributed by atoms with van der Waals surface area (Å²) in [7, 11) is 0. The summed E-state index contributed by atoms with van der Waals surface area (Å²) in [5, 5.41) is 11.8.